The van der Waals surface area contributed by atoms with Gasteiger partial charge in [0.2, 0.25) is 17.8 Å². The number of aromatic nitrogens is 3. The molecule has 0 saturated heterocycles. The van der Waals surface area contributed by atoms with Gasteiger partial charge < -0.3 is 51.1 Å². The Hall–Kier alpha value is -4.24. The van der Waals surface area contributed by atoms with Crippen molar-refractivity contribution in [3.8, 4) is 11.5 Å². The van der Waals surface area contributed by atoms with Gasteiger partial charge in [0, 0.05) is 42.5 Å². The zero-order chi connectivity index (χ0) is 31.9. The second-order valence-corrected chi connectivity index (χ2v) is 10.4. The molecule has 0 atom stereocenters. The van der Waals surface area contributed by atoms with Crippen LogP contribution in [0.25, 0.3) is 0 Å². The van der Waals surface area contributed by atoms with Crippen molar-refractivity contribution in [3.05, 3.63) is 53.6 Å². The first kappa shape index (κ1) is 33.6. The number of anilines is 4. The highest BCUT2D eigenvalue weighted by molar-refractivity contribution is 5.94. The van der Waals surface area contributed by atoms with Crippen LogP contribution in [0.15, 0.2) is 42.5 Å². The first-order valence-corrected chi connectivity index (χ1v) is 15.1. The van der Waals surface area contributed by atoms with Crippen molar-refractivity contribution in [2.75, 3.05) is 69.7 Å². The summed E-state index contributed by atoms with van der Waals surface area (Å²) in [5.74, 6) is 2.16. The average molecular weight is 625 g/mol. The maximum absolute atomic E-state index is 12.6. The predicted molar refractivity (Wildman–Crippen MR) is 171 cm³/mol. The maximum Gasteiger partial charge on any atom is 0.251 e. The number of methoxy groups -OCH3 is 2. The van der Waals surface area contributed by atoms with E-state index in [2.05, 4.69) is 36.2 Å². The Kier molecular flexibility index (Phi) is 13.4. The number of amides is 1. The number of hydrogen-bond acceptors (Lipinski definition) is 13. The van der Waals surface area contributed by atoms with Gasteiger partial charge in [-0.2, -0.15) is 15.0 Å². The maximum atomic E-state index is 12.6. The van der Waals surface area contributed by atoms with Gasteiger partial charge >= 0.3 is 0 Å². The number of carbonyl (C=O) groups is 1. The van der Waals surface area contributed by atoms with Gasteiger partial charge in [-0.1, -0.05) is 12.1 Å². The summed E-state index contributed by atoms with van der Waals surface area (Å²) in [6.45, 7) is 3.04. The van der Waals surface area contributed by atoms with Crippen LogP contribution in [0.1, 0.15) is 41.6 Å². The van der Waals surface area contributed by atoms with E-state index >= 15 is 0 Å². The quantitative estimate of drug-likeness (QED) is 0.114. The standard InChI is InChI=1S/C31H44N8O6/c1-42-26-5-3-4-22(27(26)43-2)20-34-29-37-30(39-31(38-29)36-24-10-12-25(40)13-11-24)35-23-8-6-21(7-9-23)28(41)33-15-17-45-19-18-44-16-14-32/h3-9,24-25,40H,10-20,32H2,1-2H3,(H,33,41)(H3,34,35,36,37,38,39). The number of nitrogens with two attached hydrogens (primary N) is 1. The van der Waals surface area contributed by atoms with Gasteiger partial charge in [0.25, 0.3) is 5.91 Å². The largest absolute Gasteiger partial charge is 0.493 e. The van der Waals surface area contributed by atoms with Crippen molar-refractivity contribution in [2.24, 2.45) is 5.73 Å². The third-order valence-electron chi connectivity index (χ3n) is 7.16. The van der Waals surface area contributed by atoms with E-state index in [1.54, 1.807) is 38.5 Å². The van der Waals surface area contributed by atoms with Crippen LogP contribution < -0.4 is 36.5 Å². The van der Waals surface area contributed by atoms with Crippen molar-refractivity contribution >= 4 is 29.4 Å². The lowest BCUT2D eigenvalue weighted by Gasteiger charge is -2.26. The van der Waals surface area contributed by atoms with Crippen molar-refractivity contribution < 1.29 is 28.8 Å². The number of rotatable bonds is 18. The molecule has 4 rings (SSSR count). The molecular formula is C31H44N8O6. The molecule has 7 N–H and O–H groups in total. The average Bonchev–Trinajstić information content (AvgIpc) is 3.06. The molecule has 2 aromatic carbocycles. The summed E-state index contributed by atoms with van der Waals surface area (Å²) in [5, 5.41) is 22.6. The number of hydrogen-bond donors (Lipinski definition) is 6. The van der Waals surface area contributed by atoms with E-state index in [1.165, 1.54) is 0 Å². The molecular weight excluding hydrogens is 580 g/mol. The zero-order valence-corrected chi connectivity index (χ0v) is 25.9. The number of aliphatic hydroxyl groups is 1. The number of ether oxygens (including phenoxy) is 4. The summed E-state index contributed by atoms with van der Waals surface area (Å²) in [6, 6.07) is 12.8. The molecule has 1 aromatic heterocycles. The third kappa shape index (κ3) is 10.7. The Morgan fingerprint density at radius 1 is 0.889 bits per heavy atom. The number of para-hydroxylation sites is 1. The number of nitrogens with one attached hydrogen (secondary N) is 4. The van der Waals surface area contributed by atoms with Crippen LogP contribution in [0, 0.1) is 0 Å². The van der Waals surface area contributed by atoms with Gasteiger partial charge in [0.05, 0.1) is 46.8 Å². The minimum Gasteiger partial charge on any atom is -0.493 e. The van der Waals surface area contributed by atoms with Gasteiger partial charge in [0.1, 0.15) is 0 Å². The van der Waals surface area contributed by atoms with E-state index in [1.807, 2.05) is 18.2 Å². The summed E-state index contributed by atoms with van der Waals surface area (Å²) in [6.07, 6.45) is 2.83. The van der Waals surface area contributed by atoms with E-state index in [0.717, 1.165) is 31.2 Å². The normalized spacial score (nSPS) is 16.1. The molecule has 45 heavy (non-hydrogen) atoms. The number of benzene rings is 2. The van der Waals surface area contributed by atoms with Gasteiger partial charge in [0.15, 0.2) is 11.5 Å². The van der Waals surface area contributed by atoms with E-state index in [-0.39, 0.29) is 18.1 Å². The molecule has 0 aliphatic heterocycles. The van der Waals surface area contributed by atoms with Crippen LogP contribution >= 0.6 is 0 Å². The Balaban J connectivity index is 1.39. The van der Waals surface area contributed by atoms with E-state index in [9.17, 15) is 9.90 Å². The number of nitrogens with zero attached hydrogens (tertiary/aromatic N) is 3. The van der Waals surface area contributed by atoms with Gasteiger partial charge in [-0.15, -0.1) is 0 Å². The Morgan fingerprint density at radius 2 is 1.60 bits per heavy atom. The third-order valence-corrected chi connectivity index (χ3v) is 7.16. The smallest absolute Gasteiger partial charge is 0.251 e. The topological polar surface area (TPSA) is 187 Å². The summed E-state index contributed by atoms with van der Waals surface area (Å²) < 4.78 is 21.7. The van der Waals surface area contributed by atoms with Crippen LogP contribution in [0.3, 0.4) is 0 Å². The lowest BCUT2D eigenvalue weighted by molar-refractivity contribution is 0.0511. The van der Waals surface area contributed by atoms with E-state index < -0.39 is 0 Å². The monoisotopic (exact) mass is 624 g/mol. The molecule has 14 nitrogen and oxygen atoms in total. The van der Waals surface area contributed by atoms with Crippen LogP contribution in [0.2, 0.25) is 0 Å². The van der Waals surface area contributed by atoms with Crippen molar-refractivity contribution in [1.29, 1.82) is 0 Å². The van der Waals surface area contributed by atoms with Gasteiger partial charge in [-0.25, -0.2) is 0 Å². The molecule has 0 unspecified atom stereocenters. The molecule has 1 aliphatic carbocycles. The highest BCUT2D eigenvalue weighted by Crippen LogP contribution is 2.31. The Morgan fingerprint density at radius 3 is 2.31 bits per heavy atom. The highest BCUT2D eigenvalue weighted by Gasteiger charge is 2.21. The Labute approximate surface area is 263 Å². The molecule has 0 radical (unpaired) electrons. The lowest BCUT2D eigenvalue weighted by atomic mass is 9.93. The molecule has 1 fully saturated rings. The first-order valence-electron chi connectivity index (χ1n) is 15.1. The van der Waals surface area contributed by atoms with Crippen molar-refractivity contribution in [3.63, 3.8) is 0 Å². The molecule has 1 aliphatic rings. The van der Waals surface area contributed by atoms with Gasteiger partial charge in [-0.05, 0) is 56.0 Å². The molecule has 1 heterocycles. The van der Waals surface area contributed by atoms with Crippen LogP contribution in [0.5, 0.6) is 11.5 Å². The minimum absolute atomic E-state index is 0.141. The first-order chi connectivity index (χ1) is 22.0. The minimum atomic E-state index is -0.265. The summed E-state index contributed by atoms with van der Waals surface area (Å²) in [4.78, 5) is 26.3. The fourth-order valence-electron chi connectivity index (χ4n) is 4.82. The Bertz CT molecular complexity index is 1340. The molecule has 3 aromatic rings. The number of carbonyl (C=O) groups excluding carboxylic acids is 1. The molecule has 244 valence electrons. The SMILES string of the molecule is COc1cccc(CNc2nc(Nc3ccc(C(=O)NCCOCCOCCN)cc3)nc(NC3CCC(O)CC3)n2)c1OC. The number of aliphatic hydroxyl groups excluding tert-OH is 1. The fourth-order valence-corrected chi connectivity index (χ4v) is 4.82. The van der Waals surface area contributed by atoms with Crippen LogP contribution in [-0.4, -0.2) is 91.8 Å². The second kappa shape index (κ2) is 17.9. The fraction of sp³-hybridized carbons (Fsp3) is 0.484. The molecule has 0 bridgehead atoms. The summed E-state index contributed by atoms with van der Waals surface area (Å²) >= 11 is 0. The van der Waals surface area contributed by atoms with Crippen LogP contribution in [0.4, 0.5) is 23.5 Å². The van der Waals surface area contributed by atoms with Crippen LogP contribution in [-0.2, 0) is 16.0 Å². The predicted octanol–water partition coefficient (Wildman–Crippen LogP) is 2.68. The van der Waals surface area contributed by atoms with E-state index in [0.29, 0.717) is 86.7 Å². The van der Waals surface area contributed by atoms with Gasteiger partial charge in [-0.3, -0.25) is 4.79 Å². The molecule has 1 saturated carbocycles. The lowest BCUT2D eigenvalue weighted by Crippen LogP contribution is -2.29. The molecule has 1 amide bonds. The highest BCUT2D eigenvalue weighted by atomic mass is 16.5. The second-order valence-electron chi connectivity index (χ2n) is 10.4. The van der Waals surface area contributed by atoms with Crippen molar-refractivity contribution in [2.45, 2.75) is 44.4 Å². The molecule has 14 heteroatoms. The van der Waals surface area contributed by atoms with E-state index in [4.69, 9.17) is 24.7 Å². The summed E-state index contributed by atoms with van der Waals surface area (Å²) in [5.41, 5.74) is 7.46. The zero-order valence-electron chi connectivity index (χ0n) is 25.9. The summed E-state index contributed by atoms with van der Waals surface area (Å²) in [7, 11) is 3.20. The molecule has 0 spiro atoms. The van der Waals surface area contributed by atoms with Crippen molar-refractivity contribution in [1.82, 2.24) is 20.3 Å².